The Morgan fingerprint density at radius 3 is 2.68 bits per heavy atom. The van der Waals surface area contributed by atoms with Gasteiger partial charge in [0, 0.05) is 37.5 Å². The van der Waals surface area contributed by atoms with Crippen LogP contribution in [0.5, 0.6) is 0 Å². The van der Waals surface area contributed by atoms with E-state index >= 15 is 0 Å². The van der Waals surface area contributed by atoms with E-state index < -0.39 is 11.4 Å². The Kier molecular flexibility index (Phi) is 4.87. The van der Waals surface area contributed by atoms with E-state index in [4.69, 9.17) is 4.74 Å². The third kappa shape index (κ3) is 3.65. The van der Waals surface area contributed by atoms with E-state index in [9.17, 15) is 9.90 Å². The van der Waals surface area contributed by atoms with Crippen LogP contribution in [0.15, 0.2) is 18.3 Å². The zero-order valence-electron chi connectivity index (χ0n) is 13.9. The van der Waals surface area contributed by atoms with Gasteiger partial charge in [0.15, 0.2) is 0 Å². The summed E-state index contributed by atoms with van der Waals surface area (Å²) >= 11 is 0. The second-order valence-electron chi connectivity index (χ2n) is 7.28. The highest BCUT2D eigenvalue weighted by molar-refractivity contribution is 5.75. The highest BCUT2D eigenvalue weighted by Gasteiger charge is 2.44. The molecule has 2 rings (SSSR count). The van der Waals surface area contributed by atoms with Gasteiger partial charge in [0.05, 0.1) is 6.61 Å². The third-order valence-corrected chi connectivity index (χ3v) is 4.31. The van der Waals surface area contributed by atoms with Gasteiger partial charge in [-0.1, -0.05) is 26.8 Å². The molecule has 1 aliphatic heterocycles. The normalized spacial score (nSPS) is 22.9. The number of hydrogen-bond acceptors (Lipinski definition) is 4. The van der Waals surface area contributed by atoms with E-state index in [0.717, 1.165) is 24.3 Å². The van der Waals surface area contributed by atoms with Gasteiger partial charge in [-0.2, -0.15) is 0 Å². The fourth-order valence-electron chi connectivity index (χ4n) is 2.94. The van der Waals surface area contributed by atoms with Gasteiger partial charge in [0.2, 0.25) is 0 Å². The lowest BCUT2D eigenvalue weighted by Crippen LogP contribution is -2.38. The van der Waals surface area contributed by atoms with Crippen LogP contribution in [-0.2, 0) is 21.5 Å². The summed E-state index contributed by atoms with van der Waals surface area (Å²) in [4.78, 5) is 18.2. The van der Waals surface area contributed by atoms with Crippen LogP contribution >= 0.6 is 0 Å². The molecule has 0 amide bonds. The number of aromatic nitrogens is 1. The van der Waals surface area contributed by atoms with Gasteiger partial charge in [0.1, 0.15) is 5.41 Å². The number of aliphatic carboxylic acids is 1. The smallest absolute Gasteiger partial charge is 0.313 e. The van der Waals surface area contributed by atoms with Gasteiger partial charge in [-0.05, 0) is 24.6 Å². The number of hydrogen-bond donors (Lipinski definition) is 1. The van der Waals surface area contributed by atoms with Crippen molar-refractivity contribution in [2.75, 3.05) is 26.8 Å². The zero-order valence-corrected chi connectivity index (χ0v) is 13.9. The molecule has 0 aromatic carbocycles. The molecule has 1 unspecified atom stereocenters. The van der Waals surface area contributed by atoms with Crippen molar-refractivity contribution in [2.24, 2.45) is 5.41 Å². The average molecular weight is 306 g/mol. The molecule has 5 nitrogen and oxygen atoms in total. The molecule has 0 spiro atoms. The summed E-state index contributed by atoms with van der Waals surface area (Å²) in [5.41, 5.74) is 1.46. The lowest BCUT2D eigenvalue weighted by Gasteiger charge is -2.24. The number of likely N-dealkylation sites (tertiary alicyclic amines) is 1. The predicted molar refractivity (Wildman–Crippen MR) is 84.8 cm³/mol. The fraction of sp³-hybridized carbons (Fsp3) is 0.647. The van der Waals surface area contributed by atoms with Crippen molar-refractivity contribution in [1.29, 1.82) is 0 Å². The molecule has 22 heavy (non-hydrogen) atoms. The Labute approximate surface area is 132 Å². The average Bonchev–Trinajstić information content (AvgIpc) is 2.83. The van der Waals surface area contributed by atoms with Gasteiger partial charge >= 0.3 is 5.97 Å². The first-order chi connectivity index (χ1) is 10.3. The summed E-state index contributed by atoms with van der Waals surface area (Å²) in [5, 5.41) is 9.49. The van der Waals surface area contributed by atoms with Crippen LogP contribution < -0.4 is 0 Å². The van der Waals surface area contributed by atoms with E-state index in [2.05, 4.69) is 42.8 Å². The number of ether oxygens (including phenoxy) is 1. The topological polar surface area (TPSA) is 62.7 Å². The number of nitrogens with zero attached hydrogens (tertiary/aromatic N) is 2. The van der Waals surface area contributed by atoms with Crippen LogP contribution in [0.4, 0.5) is 0 Å². The Bertz CT molecular complexity index is 522. The number of rotatable bonds is 5. The van der Waals surface area contributed by atoms with Gasteiger partial charge in [0.25, 0.3) is 0 Å². The minimum absolute atomic E-state index is 0.0447. The van der Waals surface area contributed by atoms with Crippen LogP contribution in [0.25, 0.3) is 0 Å². The first-order valence-electron chi connectivity index (χ1n) is 7.67. The minimum atomic E-state index is -0.770. The summed E-state index contributed by atoms with van der Waals surface area (Å²) in [7, 11) is 1.56. The maximum absolute atomic E-state index is 11.5. The van der Waals surface area contributed by atoms with Crippen molar-refractivity contribution in [1.82, 2.24) is 9.88 Å². The Hall–Kier alpha value is -1.46. The van der Waals surface area contributed by atoms with Gasteiger partial charge in [-0.25, -0.2) is 0 Å². The van der Waals surface area contributed by atoms with Crippen LogP contribution in [0.2, 0.25) is 0 Å². The number of methoxy groups -OCH3 is 1. The molecule has 1 aromatic heterocycles. The summed E-state index contributed by atoms with van der Waals surface area (Å²) in [6.45, 7) is 8.72. The maximum atomic E-state index is 11.5. The molecule has 1 aliphatic rings. The molecule has 2 heterocycles. The minimum Gasteiger partial charge on any atom is -0.481 e. The van der Waals surface area contributed by atoms with Crippen molar-refractivity contribution in [3.8, 4) is 0 Å². The van der Waals surface area contributed by atoms with Crippen molar-refractivity contribution in [3.05, 3.63) is 29.6 Å². The lowest BCUT2D eigenvalue weighted by atomic mass is 9.88. The second-order valence-corrected chi connectivity index (χ2v) is 7.28. The van der Waals surface area contributed by atoms with Crippen LogP contribution in [0.1, 0.15) is 38.4 Å². The Morgan fingerprint density at radius 1 is 1.45 bits per heavy atom. The predicted octanol–water partition coefficient (Wildman–Crippen LogP) is 2.30. The Morgan fingerprint density at radius 2 is 2.18 bits per heavy atom. The molecule has 5 heteroatoms. The summed E-state index contributed by atoms with van der Waals surface area (Å²) in [5.74, 6) is -0.766. The second kappa shape index (κ2) is 6.34. The lowest BCUT2D eigenvalue weighted by molar-refractivity contribution is -0.151. The van der Waals surface area contributed by atoms with E-state index in [0.29, 0.717) is 13.0 Å². The van der Waals surface area contributed by atoms with E-state index in [-0.39, 0.29) is 12.0 Å². The largest absolute Gasteiger partial charge is 0.481 e. The molecule has 1 saturated heterocycles. The van der Waals surface area contributed by atoms with Crippen LogP contribution in [-0.4, -0.2) is 47.8 Å². The van der Waals surface area contributed by atoms with E-state index in [1.54, 1.807) is 7.11 Å². The molecule has 0 saturated carbocycles. The van der Waals surface area contributed by atoms with Gasteiger partial charge in [-0.3, -0.25) is 14.7 Å². The molecular formula is C17H26N2O3. The third-order valence-electron chi connectivity index (χ3n) is 4.31. The van der Waals surface area contributed by atoms with Crippen molar-refractivity contribution >= 4 is 5.97 Å². The molecule has 1 fully saturated rings. The summed E-state index contributed by atoms with van der Waals surface area (Å²) < 4.78 is 5.12. The first kappa shape index (κ1) is 16.9. The monoisotopic (exact) mass is 306 g/mol. The molecule has 1 aromatic rings. The first-order valence-corrected chi connectivity index (χ1v) is 7.67. The molecule has 122 valence electrons. The highest BCUT2D eigenvalue weighted by Crippen LogP contribution is 2.32. The van der Waals surface area contributed by atoms with Crippen LogP contribution in [0, 0.1) is 5.41 Å². The van der Waals surface area contributed by atoms with Crippen molar-refractivity contribution in [3.63, 3.8) is 0 Å². The SMILES string of the molecule is COCC1(C(=O)O)CCN(Cc2ccc(C(C)(C)C)nc2)C1. The molecule has 0 aliphatic carbocycles. The zero-order chi connectivity index (χ0) is 16.4. The maximum Gasteiger partial charge on any atom is 0.313 e. The fourth-order valence-corrected chi connectivity index (χ4v) is 2.94. The molecule has 1 atom stereocenters. The van der Waals surface area contributed by atoms with E-state index in [1.165, 1.54) is 0 Å². The number of carbonyl (C=O) groups is 1. The van der Waals surface area contributed by atoms with Crippen LogP contribution in [0.3, 0.4) is 0 Å². The quantitative estimate of drug-likeness (QED) is 0.904. The summed E-state index contributed by atoms with van der Waals surface area (Å²) in [6.07, 6.45) is 2.53. The standard InChI is InChI=1S/C17H26N2O3/c1-16(2,3)14-6-5-13(9-18-14)10-19-8-7-17(11-19,12-22-4)15(20)21/h5-6,9H,7-8,10-12H2,1-4H3,(H,20,21). The van der Waals surface area contributed by atoms with Gasteiger partial charge in [-0.15, -0.1) is 0 Å². The Balaban J connectivity index is 2.02. The number of pyridine rings is 1. The molecule has 0 bridgehead atoms. The van der Waals surface area contributed by atoms with E-state index in [1.807, 2.05) is 6.20 Å². The van der Waals surface area contributed by atoms with Gasteiger partial charge < -0.3 is 9.84 Å². The summed E-state index contributed by atoms with van der Waals surface area (Å²) in [6, 6.07) is 4.15. The van der Waals surface area contributed by atoms with Crippen molar-refractivity contribution < 1.29 is 14.6 Å². The molecular weight excluding hydrogens is 280 g/mol. The molecule has 0 radical (unpaired) electrons. The number of carboxylic acid groups (broad SMARTS) is 1. The molecule has 1 N–H and O–H groups in total. The number of carboxylic acids is 1. The highest BCUT2D eigenvalue weighted by atomic mass is 16.5. The van der Waals surface area contributed by atoms with Crippen molar-refractivity contribution in [2.45, 2.75) is 39.2 Å².